The van der Waals surface area contributed by atoms with E-state index in [1.165, 1.54) is 0 Å². The summed E-state index contributed by atoms with van der Waals surface area (Å²) in [6, 6.07) is 8.49. The molecule has 0 bridgehead atoms. The number of rotatable bonds is 4. The molecule has 1 amide bonds. The number of nitrogens with zero attached hydrogens (tertiary/aromatic N) is 1. The second kappa shape index (κ2) is 6.20. The summed E-state index contributed by atoms with van der Waals surface area (Å²) in [6.07, 6.45) is 1.93. The minimum Gasteiger partial charge on any atom is -0.452 e. The number of carbonyl (C=O) groups is 2. The number of nitrogens with one attached hydrogen (secondary N) is 1. The summed E-state index contributed by atoms with van der Waals surface area (Å²) < 4.78 is 5.13. The summed E-state index contributed by atoms with van der Waals surface area (Å²) >= 11 is 0. The third-order valence-electron chi connectivity index (χ3n) is 3.38. The quantitative estimate of drug-likeness (QED) is 0.852. The lowest BCUT2D eigenvalue weighted by atomic mass is 9.86. The highest BCUT2D eigenvalue weighted by molar-refractivity contribution is 5.95. The molecule has 0 unspecified atom stereocenters. The van der Waals surface area contributed by atoms with Gasteiger partial charge >= 0.3 is 5.97 Å². The lowest BCUT2D eigenvalue weighted by Crippen LogP contribution is -2.34. The van der Waals surface area contributed by atoms with Crippen LogP contribution < -0.4 is 5.32 Å². The van der Waals surface area contributed by atoms with E-state index in [0.717, 1.165) is 19.3 Å². The molecule has 1 atom stereocenters. The Labute approximate surface area is 117 Å². The lowest BCUT2D eigenvalue weighted by molar-refractivity contribution is -0.159. The summed E-state index contributed by atoms with van der Waals surface area (Å²) in [4.78, 5) is 23.5. The second-order valence-electron chi connectivity index (χ2n) is 4.89. The topological polar surface area (TPSA) is 79.2 Å². The maximum absolute atomic E-state index is 11.9. The molecule has 0 aromatic heterocycles. The van der Waals surface area contributed by atoms with Crippen LogP contribution in [-0.2, 0) is 14.3 Å². The van der Waals surface area contributed by atoms with E-state index < -0.39 is 6.10 Å². The smallest absolute Gasteiger partial charge is 0.309 e. The fourth-order valence-corrected chi connectivity index (χ4v) is 1.84. The summed E-state index contributed by atoms with van der Waals surface area (Å²) in [5, 5.41) is 11.3. The first-order valence-electron chi connectivity index (χ1n) is 6.61. The van der Waals surface area contributed by atoms with Crippen molar-refractivity contribution in [2.24, 2.45) is 5.92 Å². The summed E-state index contributed by atoms with van der Waals surface area (Å²) in [5.74, 6) is -0.707. The Hall–Kier alpha value is -2.35. The molecule has 1 aliphatic rings. The third-order valence-corrected chi connectivity index (χ3v) is 3.38. The summed E-state index contributed by atoms with van der Waals surface area (Å²) in [5.41, 5.74) is 1.09. The zero-order valence-electron chi connectivity index (χ0n) is 11.3. The average molecular weight is 272 g/mol. The molecule has 0 spiro atoms. The van der Waals surface area contributed by atoms with E-state index in [2.05, 4.69) is 5.32 Å². The Morgan fingerprint density at radius 3 is 2.50 bits per heavy atom. The molecule has 2 rings (SSSR count). The molecule has 20 heavy (non-hydrogen) atoms. The van der Waals surface area contributed by atoms with Gasteiger partial charge < -0.3 is 10.1 Å². The molecule has 0 radical (unpaired) electrons. The maximum atomic E-state index is 11.9. The van der Waals surface area contributed by atoms with Crippen molar-refractivity contribution < 1.29 is 14.3 Å². The van der Waals surface area contributed by atoms with E-state index in [1.54, 1.807) is 31.2 Å². The van der Waals surface area contributed by atoms with Crippen LogP contribution in [0.4, 0.5) is 5.69 Å². The van der Waals surface area contributed by atoms with Gasteiger partial charge in [0.05, 0.1) is 17.6 Å². The van der Waals surface area contributed by atoms with Gasteiger partial charge in [-0.15, -0.1) is 0 Å². The van der Waals surface area contributed by atoms with E-state index in [0.29, 0.717) is 11.3 Å². The third kappa shape index (κ3) is 3.35. The van der Waals surface area contributed by atoms with Gasteiger partial charge in [0.25, 0.3) is 5.91 Å². The molecule has 104 valence electrons. The van der Waals surface area contributed by atoms with Crippen molar-refractivity contribution in [3.63, 3.8) is 0 Å². The first-order valence-corrected chi connectivity index (χ1v) is 6.61. The minimum atomic E-state index is -0.821. The first kappa shape index (κ1) is 14.1. The molecule has 0 aliphatic heterocycles. The maximum Gasteiger partial charge on any atom is 0.309 e. The molecule has 1 N–H and O–H groups in total. The second-order valence-corrected chi connectivity index (χ2v) is 4.89. The van der Waals surface area contributed by atoms with Crippen LogP contribution >= 0.6 is 0 Å². The Morgan fingerprint density at radius 2 is 2.00 bits per heavy atom. The highest BCUT2D eigenvalue weighted by atomic mass is 16.5. The van der Waals surface area contributed by atoms with E-state index >= 15 is 0 Å². The lowest BCUT2D eigenvalue weighted by Gasteiger charge is -2.24. The standard InChI is InChI=1S/C15H16N2O3/c1-10(20-15(19)12-3-2-4-12)14(18)17-13-7-5-11(9-16)6-8-13/h5-8,10,12H,2-4H2,1H3,(H,17,18)/t10-/m0/s1. The van der Waals surface area contributed by atoms with Crippen LogP contribution in [0.1, 0.15) is 31.7 Å². The van der Waals surface area contributed by atoms with Crippen molar-refractivity contribution in [3.05, 3.63) is 29.8 Å². The number of amides is 1. The molecule has 1 fully saturated rings. The number of hydrogen-bond acceptors (Lipinski definition) is 4. The van der Waals surface area contributed by atoms with E-state index in [9.17, 15) is 9.59 Å². The Morgan fingerprint density at radius 1 is 1.35 bits per heavy atom. The van der Waals surface area contributed by atoms with Crippen LogP contribution in [0, 0.1) is 17.2 Å². The van der Waals surface area contributed by atoms with Gasteiger partial charge in [0, 0.05) is 5.69 Å². The fraction of sp³-hybridized carbons (Fsp3) is 0.400. The average Bonchev–Trinajstić information content (AvgIpc) is 2.37. The summed E-state index contributed by atoms with van der Waals surface area (Å²) in [7, 11) is 0. The predicted molar refractivity (Wildman–Crippen MR) is 72.7 cm³/mol. The number of nitriles is 1. The number of benzene rings is 1. The molecule has 5 heteroatoms. The van der Waals surface area contributed by atoms with Crippen molar-refractivity contribution in [1.82, 2.24) is 0 Å². The van der Waals surface area contributed by atoms with Crippen molar-refractivity contribution in [2.75, 3.05) is 5.32 Å². The molecular weight excluding hydrogens is 256 g/mol. The SMILES string of the molecule is C[C@H](OC(=O)C1CCC1)C(=O)Nc1ccc(C#N)cc1. The Balaban J connectivity index is 1.86. The highest BCUT2D eigenvalue weighted by Gasteiger charge is 2.29. The van der Waals surface area contributed by atoms with Gasteiger partial charge in [0.15, 0.2) is 6.10 Å². The number of hydrogen-bond donors (Lipinski definition) is 1. The molecule has 5 nitrogen and oxygen atoms in total. The minimum absolute atomic E-state index is 0.0415. The number of esters is 1. The van der Waals surface area contributed by atoms with Gasteiger partial charge in [0.2, 0.25) is 0 Å². The normalized spacial score (nSPS) is 15.6. The van der Waals surface area contributed by atoms with E-state index in [-0.39, 0.29) is 17.8 Å². The number of ether oxygens (including phenoxy) is 1. The first-order chi connectivity index (χ1) is 9.60. The Bertz CT molecular complexity index is 541. The van der Waals surface area contributed by atoms with Crippen LogP contribution in [0.15, 0.2) is 24.3 Å². The fourth-order valence-electron chi connectivity index (χ4n) is 1.84. The van der Waals surface area contributed by atoms with Crippen LogP contribution in [0.2, 0.25) is 0 Å². The van der Waals surface area contributed by atoms with Gasteiger partial charge in [-0.25, -0.2) is 0 Å². The molecule has 0 heterocycles. The molecule has 1 aromatic carbocycles. The van der Waals surface area contributed by atoms with Crippen LogP contribution in [-0.4, -0.2) is 18.0 Å². The Kier molecular flexibility index (Phi) is 4.36. The van der Waals surface area contributed by atoms with Gasteiger partial charge in [-0.05, 0) is 44.0 Å². The predicted octanol–water partition coefficient (Wildman–Crippen LogP) is 2.23. The number of carbonyl (C=O) groups excluding carboxylic acids is 2. The van der Waals surface area contributed by atoms with E-state index in [1.807, 2.05) is 6.07 Å². The van der Waals surface area contributed by atoms with Crippen LogP contribution in [0.3, 0.4) is 0 Å². The van der Waals surface area contributed by atoms with E-state index in [4.69, 9.17) is 10.00 Å². The molecular formula is C15H16N2O3. The molecule has 1 aromatic rings. The zero-order chi connectivity index (χ0) is 14.5. The molecule has 1 aliphatic carbocycles. The van der Waals surface area contributed by atoms with Crippen LogP contribution in [0.5, 0.6) is 0 Å². The zero-order valence-corrected chi connectivity index (χ0v) is 11.3. The molecule has 0 saturated heterocycles. The molecule has 1 saturated carbocycles. The summed E-state index contributed by atoms with van der Waals surface area (Å²) in [6.45, 7) is 1.55. The van der Waals surface area contributed by atoms with Crippen molar-refractivity contribution in [2.45, 2.75) is 32.3 Å². The van der Waals surface area contributed by atoms with Gasteiger partial charge in [0.1, 0.15) is 0 Å². The van der Waals surface area contributed by atoms with Crippen LogP contribution in [0.25, 0.3) is 0 Å². The van der Waals surface area contributed by atoms with Gasteiger partial charge in [-0.3, -0.25) is 9.59 Å². The van der Waals surface area contributed by atoms with Gasteiger partial charge in [-0.2, -0.15) is 5.26 Å². The van der Waals surface area contributed by atoms with Crippen molar-refractivity contribution >= 4 is 17.6 Å². The highest BCUT2D eigenvalue weighted by Crippen LogP contribution is 2.27. The number of anilines is 1. The largest absolute Gasteiger partial charge is 0.452 e. The van der Waals surface area contributed by atoms with Crippen molar-refractivity contribution in [3.8, 4) is 6.07 Å². The monoisotopic (exact) mass is 272 g/mol. The van der Waals surface area contributed by atoms with Gasteiger partial charge in [-0.1, -0.05) is 6.42 Å². The van der Waals surface area contributed by atoms with Crippen molar-refractivity contribution in [1.29, 1.82) is 5.26 Å².